The molecule has 5 rings (SSSR count). The Bertz CT molecular complexity index is 1590. The van der Waals surface area contributed by atoms with E-state index in [1.165, 1.54) is 11.3 Å². The second-order valence-corrected chi connectivity index (χ2v) is 8.19. The number of carboxylic acids is 1. The minimum absolute atomic E-state index is 0.000260. The van der Waals surface area contributed by atoms with E-state index < -0.39 is 17.2 Å². The molecule has 0 atom stereocenters. The van der Waals surface area contributed by atoms with Crippen LogP contribution in [0.3, 0.4) is 0 Å². The maximum atomic E-state index is 13.2. The van der Waals surface area contributed by atoms with Gasteiger partial charge in [0, 0.05) is 27.7 Å². The molecule has 5 aromatic rings. The van der Waals surface area contributed by atoms with Gasteiger partial charge in [-0.1, -0.05) is 41.9 Å². The molecule has 0 unspecified atom stereocenters. The normalized spacial score (nSPS) is 11.4. The summed E-state index contributed by atoms with van der Waals surface area (Å²) in [5.41, 5.74) is 0.386. The maximum absolute atomic E-state index is 13.2. The first-order valence-electron chi connectivity index (χ1n) is 9.26. The van der Waals surface area contributed by atoms with Crippen LogP contribution < -0.4 is 11.2 Å². The lowest BCUT2D eigenvalue weighted by Gasteiger charge is -2.10. The molecule has 0 aliphatic heterocycles. The zero-order chi connectivity index (χ0) is 21.7. The fraction of sp³-hybridized carbons (Fsp3) is 0.0455. The number of thiophene rings is 1. The van der Waals surface area contributed by atoms with E-state index in [1.807, 2.05) is 30.3 Å². The second kappa shape index (κ2) is 7.26. The molecule has 0 aliphatic carbocycles. The van der Waals surface area contributed by atoms with Gasteiger partial charge in [0.1, 0.15) is 0 Å². The Morgan fingerprint density at radius 3 is 2.58 bits per heavy atom. The van der Waals surface area contributed by atoms with Gasteiger partial charge in [0.15, 0.2) is 5.69 Å². The summed E-state index contributed by atoms with van der Waals surface area (Å²) in [6.45, 7) is 0.244. The van der Waals surface area contributed by atoms with Crippen molar-refractivity contribution in [2.45, 2.75) is 6.54 Å². The number of aromatic nitrogens is 3. The van der Waals surface area contributed by atoms with Gasteiger partial charge in [-0.15, -0.1) is 11.3 Å². The third kappa shape index (κ3) is 3.08. The highest BCUT2D eigenvalue weighted by atomic mass is 35.5. The quantitative estimate of drug-likeness (QED) is 0.430. The fourth-order valence-corrected chi connectivity index (χ4v) is 4.75. The van der Waals surface area contributed by atoms with Gasteiger partial charge < -0.3 is 14.7 Å². The Balaban J connectivity index is 1.93. The third-order valence-corrected chi connectivity index (χ3v) is 6.13. The molecule has 3 heterocycles. The van der Waals surface area contributed by atoms with Crippen LogP contribution >= 0.6 is 22.9 Å². The van der Waals surface area contributed by atoms with Crippen LogP contribution in [0, 0.1) is 0 Å². The van der Waals surface area contributed by atoms with Gasteiger partial charge in [0.05, 0.1) is 22.1 Å². The number of aromatic carboxylic acids is 1. The average Bonchev–Trinajstić information content (AvgIpc) is 3.32. The van der Waals surface area contributed by atoms with Crippen LogP contribution in [-0.2, 0) is 6.54 Å². The highest BCUT2D eigenvalue weighted by Gasteiger charge is 2.27. The number of carboxylic acid groups (broad SMARTS) is 1. The largest absolute Gasteiger partial charge is 0.477 e. The van der Waals surface area contributed by atoms with Gasteiger partial charge >= 0.3 is 11.7 Å². The highest BCUT2D eigenvalue weighted by molar-refractivity contribution is 7.09. The molecule has 0 amide bonds. The number of aromatic amines is 1. The summed E-state index contributed by atoms with van der Waals surface area (Å²) >= 11 is 7.49. The topological polar surface area (TPSA) is 97.1 Å². The Morgan fingerprint density at radius 2 is 1.84 bits per heavy atom. The van der Waals surface area contributed by atoms with Gasteiger partial charge in [-0.3, -0.25) is 4.79 Å². The number of nitrogens with zero attached hydrogens (tertiary/aromatic N) is 2. The number of carbonyl (C=O) groups is 1. The molecule has 3 aromatic heterocycles. The summed E-state index contributed by atoms with van der Waals surface area (Å²) in [6, 6.07) is 14.3. The van der Waals surface area contributed by atoms with Crippen LogP contribution in [0.1, 0.15) is 16.1 Å². The predicted octanol–water partition coefficient (Wildman–Crippen LogP) is 4.10. The van der Waals surface area contributed by atoms with E-state index in [0.29, 0.717) is 26.8 Å². The van der Waals surface area contributed by atoms with Crippen LogP contribution in [0.5, 0.6) is 0 Å². The third-order valence-electron chi connectivity index (χ3n) is 5.15. The zero-order valence-electron chi connectivity index (χ0n) is 15.8. The number of fused-ring (bicyclic) bond motifs is 2. The van der Waals surface area contributed by atoms with E-state index in [1.54, 1.807) is 33.5 Å². The maximum Gasteiger partial charge on any atom is 0.354 e. The lowest BCUT2D eigenvalue weighted by Crippen LogP contribution is -2.34. The number of rotatable bonds is 4. The first-order valence-corrected chi connectivity index (χ1v) is 10.6. The number of hydrogen-bond acceptors (Lipinski definition) is 4. The molecular weight excluding hydrogens is 438 g/mol. The first kappa shape index (κ1) is 19.3. The van der Waals surface area contributed by atoms with E-state index in [4.69, 9.17) is 11.6 Å². The van der Waals surface area contributed by atoms with Crippen molar-refractivity contribution in [2.75, 3.05) is 0 Å². The molecule has 0 saturated carbocycles. The van der Waals surface area contributed by atoms with Gasteiger partial charge in [-0.05, 0) is 23.8 Å². The van der Waals surface area contributed by atoms with Crippen molar-refractivity contribution in [3.63, 3.8) is 0 Å². The minimum Gasteiger partial charge on any atom is -0.477 e. The first-order chi connectivity index (χ1) is 15.0. The summed E-state index contributed by atoms with van der Waals surface area (Å²) in [7, 11) is 0. The van der Waals surface area contributed by atoms with Crippen molar-refractivity contribution in [1.82, 2.24) is 14.1 Å². The van der Waals surface area contributed by atoms with E-state index in [2.05, 4.69) is 4.98 Å². The summed E-state index contributed by atoms with van der Waals surface area (Å²) in [4.78, 5) is 41.2. The van der Waals surface area contributed by atoms with Crippen molar-refractivity contribution in [3.8, 4) is 5.69 Å². The van der Waals surface area contributed by atoms with E-state index in [0.717, 1.165) is 10.1 Å². The van der Waals surface area contributed by atoms with Crippen LogP contribution in [0.2, 0.25) is 5.02 Å². The van der Waals surface area contributed by atoms with Gasteiger partial charge in [-0.2, -0.15) is 0 Å². The number of nitrogens with one attached hydrogen (secondary N) is 1. The smallest absolute Gasteiger partial charge is 0.354 e. The van der Waals surface area contributed by atoms with Crippen molar-refractivity contribution in [2.24, 2.45) is 0 Å². The van der Waals surface area contributed by atoms with E-state index in [-0.39, 0.29) is 17.9 Å². The zero-order valence-corrected chi connectivity index (χ0v) is 17.4. The minimum atomic E-state index is -1.25. The number of hydrogen-bond donors (Lipinski definition) is 2. The van der Waals surface area contributed by atoms with Crippen LogP contribution in [0.25, 0.3) is 27.5 Å². The predicted molar refractivity (Wildman–Crippen MR) is 121 cm³/mol. The van der Waals surface area contributed by atoms with Gasteiger partial charge in [-0.25, -0.2) is 14.2 Å². The molecule has 0 fully saturated rings. The fourth-order valence-electron chi connectivity index (χ4n) is 3.83. The van der Waals surface area contributed by atoms with Gasteiger partial charge in [0.2, 0.25) is 0 Å². The standard InChI is InChI=1S/C22H14ClN3O4S/c23-13-6-7-17-14(8-13)18(26-20(27)15-10-31-11-16(15)24-22(26)30)19(21(28)29)25(17)9-12-4-2-1-3-5-12/h1-8,10-11H,9H2,(H,24,30)(H,28,29). The number of benzene rings is 2. The molecule has 0 saturated heterocycles. The van der Waals surface area contributed by atoms with Crippen molar-refractivity contribution < 1.29 is 9.90 Å². The Hall–Kier alpha value is -3.62. The van der Waals surface area contributed by atoms with E-state index in [9.17, 15) is 19.5 Å². The summed E-state index contributed by atoms with van der Waals surface area (Å²) < 4.78 is 2.47. The molecule has 31 heavy (non-hydrogen) atoms. The lowest BCUT2D eigenvalue weighted by molar-refractivity contribution is 0.0686. The average molecular weight is 452 g/mol. The Kier molecular flexibility index (Phi) is 4.53. The molecular formula is C22H14ClN3O4S. The molecule has 0 bridgehead atoms. The number of H-pyrrole nitrogens is 1. The van der Waals surface area contributed by atoms with Crippen molar-refractivity contribution >= 4 is 50.7 Å². The number of halogens is 1. The molecule has 0 radical (unpaired) electrons. The molecule has 9 heteroatoms. The summed E-state index contributed by atoms with van der Waals surface area (Å²) in [5.74, 6) is -1.25. The van der Waals surface area contributed by atoms with Crippen molar-refractivity contribution in [1.29, 1.82) is 0 Å². The van der Waals surface area contributed by atoms with Crippen molar-refractivity contribution in [3.05, 3.63) is 96.4 Å². The second-order valence-electron chi connectivity index (χ2n) is 7.01. The Morgan fingerprint density at radius 1 is 1.06 bits per heavy atom. The molecule has 2 N–H and O–H groups in total. The summed E-state index contributed by atoms with van der Waals surface area (Å²) in [5, 5.41) is 14.5. The molecule has 2 aromatic carbocycles. The van der Waals surface area contributed by atoms with Crippen LogP contribution in [0.15, 0.2) is 68.9 Å². The highest BCUT2D eigenvalue weighted by Crippen LogP contribution is 2.32. The molecule has 154 valence electrons. The van der Waals surface area contributed by atoms with Crippen LogP contribution in [0.4, 0.5) is 0 Å². The lowest BCUT2D eigenvalue weighted by atomic mass is 10.2. The Labute approximate surface area is 183 Å². The molecule has 0 spiro atoms. The van der Waals surface area contributed by atoms with Gasteiger partial charge in [0.25, 0.3) is 5.56 Å². The molecule has 0 aliphatic rings. The summed E-state index contributed by atoms with van der Waals surface area (Å²) in [6.07, 6.45) is 0. The van der Waals surface area contributed by atoms with Crippen LogP contribution in [-0.4, -0.2) is 25.2 Å². The molecule has 7 nitrogen and oxygen atoms in total. The SMILES string of the molecule is O=C(O)c1c(-n2c(=O)[nH]c3cscc3c2=O)c2cc(Cl)ccc2n1Cc1ccccc1. The van der Waals surface area contributed by atoms with E-state index >= 15 is 0 Å². The monoisotopic (exact) mass is 451 g/mol.